The lowest BCUT2D eigenvalue weighted by Gasteiger charge is -2.01. The molecule has 6 heteroatoms. The van der Waals surface area contributed by atoms with Crippen LogP contribution in [0.25, 0.3) is 11.1 Å². The maximum Gasteiger partial charge on any atom is 0.271 e. The quantitative estimate of drug-likeness (QED) is 0.170. The molecule has 1 heterocycles. The average molecular weight is 365 g/mol. The number of fused-ring (bicyclic) bond motifs is 1. The summed E-state index contributed by atoms with van der Waals surface area (Å²) in [6, 6.07) is 4.53. The molecule has 0 aliphatic rings. The van der Waals surface area contributed by atoms with E-state index in [1.54, 1.807) is 17.8 Å². The summed E-state index contributed by atoms with van der Waals surface area (Å²) in [6.45, 7) is 2.25. The van der Waals surface area contributed by atoms with Crippen LogP contribution in [0, 0.1) is 10.1 Å². The van der Waals surface area contributed by atoms with Gasteiger partial charge >= 0.3 is 0 Å². The lowest BCUT2D eigenvalue weighted by molar-refractivity contribution is -0.384. The third-order valence-electron chi connectivity index (χ3n) is 4.29. The van der Waals surface area contributed by atoms with E-state index in [9.17, 15) is 10.1 Å². The van der Waals surface area contributed by atoms with Crippen LogP contribution in [0.5, 0.6) is 0 Å². The van der Waals surface area contributed by atoms with Crippen LogP contribution < -0.4 is 0 Å². The molecule has 0 unspecified atom stereocenters. The van der Waals surface area contributed by atoms with E-state index in [1.165, 1.54) is 69.9 Å². The number of nitro groups is 1. The maximum absolute atomic E-state index is 10.8. The average Bonchev–Trinajstić information content (AvgIpc) is 3.01. The zero-order chi connectivity index (χ0) is 17.9. The van der Waals surface area contributed by atoms with Gasteiger partial charge in [0.2, 0.25) is 0 Å². The molecule has 0 N–H and O–H groups in total. The van der Waals surface area contributed by atoms with Gasteiger partial charge in [-0.15, -0.1) is 0 Å². The Bertz CT molecular complexity index is 657. The number of non-ortho nitro benzene ring substituents is 1. The predicted octanol–water partition coefficient (Wildman–Crippen LogP) is 6.75. The first kappa shape index (κ1) is 19.8. The largest absolute Gasteiger partial charge is 0.431 e. The van der Waals surface area contributed by atoms with E-state index in [4.69, 9.17) is 4.42 Å². The summed E-state index contributed by atoms with van der Waals surface area (Å²) in [7, 11) is 0. The smallest absolute Gasteiger partial charge is 0.271 e. The first-order valence-electron chi connectivity index (χ1n) is 9.38. The molecular weight excluding hydrogens is 336 g/mol. The van der Waals surface area contributed by atoms with Crippen molar-refractivity contribution in [1.82, 2.24) is 4.98 Å². The van der Waals surface area contributed by atoms with Crippen LogP contribution >= 0.6 is 11.8 Å². The van der Waals surface area contributed by atoms with Crippen molar-refractivity contribution in [3.05, 3.63) is 28.3 Å². The molecule has 25 heavy (non-hydrogen) atoms. The van der Waals surface area contributed by atoms with Gasteiger partial charge in [0.15, 0.2) is 5.58 Å². The Kier molecular flexibility index (Phi) is 8.80. The number of benzene rings is 1. The van der Waals surface area contributed by atoms with Crippen LogP contribution in [0.4, 0.5) is 5.69 Å². The standard InChI is InChI=1S/C19H28N2O3S/c1-2-3-4-5-6-7-8-9-10-11-14-25-19-20-17-15-16(21(22)23)12-13-18(17)24-19/h12-13,15H,2-11,14H2,1H3. The molecule has 0 aliphatic heterocycles. The fraction of sp³-hybridized carbons (Fsp3) is 0.632. The molecule has 5 nitrogen and oxygen atoms in total. The molecule has 138 valence electrons. The molecule has 2 rings (SSSR count). The van der Waals surface area contributed by atoms with Crippen LogP contribution in [0.3, 0.4) is 0 Å². The van der Waals surface area contributed by atoms with Crippen LogP contribution in [0.15, 0.2) is 27.8 Å². The predicted molar refractivity (Wildman–Crippen MR) is 103 cm³/mol. The maximum atomic E-state index is 10.8. The SMILES string of the molecule is CCCCCCCCCCCCSc1nc2cc([N+](=O)[O-])ccc2o1. The Morgan fingerprint density at radius 3 is 2.32 bits per heavy atom. The fourth-order valence-electron chi connectivity index (χ4n) is 2.82. The van der Waals surface area contributed by atoms with E-state index < -0.39 is 4.92 Å². The third-order valence-corrected chi connectivity index (χ3v) is 5.20. The second kappa shape index (κ2) is 11.1. The van der Waals surface area contributed by atoms with Crippen molar-refractivity contribution in [2.45, 2.75) is 76.4 Å². The van der Waals surface area contributed by atoms with Crippen molar-refractivity contribution in [2.24, 2.45) is 0 Å². The van der Waals surface area contributed by atoms with E-state index >= 15 is 0 Å². The molecule has 0 fully saturated rings. The molecule has 2 aromatic rings. The molecule has 0 atom stereocenters. The van der Waals surface area contributed by atoms with E-state index in [0.717, 1.165) is 12.2 Å². The lowest BCUT2D eigenvalue weighted by atomic mass is 10.1. The van der Waals surface area contributed by atoms with Gasteiger partial charge in [-0.2, -0.15) is 0 Å². The zero-order valence-electron chi connectivity index (χ0n) is 15.0. The van der Waals surface area contributed by atoms with Crippen molar-refractivity contribution in [2.75, 3.05) is 5.75 Å². The van der Waals surface area contributed by atoms with Crippen molar-refractivity contribution in [3.63, 3.8) is 0 Å². The topological polar surface area (TPSA) is 69.2 Å². The zero-order valence-corrected chi connectivity index (χ0v) is 15.9. The molecule has 0 spiro atoms. The highest BCUT2D eigenvalue weighted by molar-refractivity contribution is 7.99. The second-order valence-electron chi connectivity index (χ2n) is 6.42. The normalized spacial score (nSPS) is 11.2. The summed E-state index contributed by atoms with van der Waals surface area (Å²) in [4.78, 5) is 14.7. The summed E-state index contributed by atoms with van der Waals surface area (Å²) in [5.41, 5.74) is 1.21. The van der Waals surface area contributed by atoms with Crippen LogP contribution in [-0.2, 0) is 0 Å². The minimum atomic E-state index is -0.412. The number of aromatic nitrogens is 1. The highest BCUT2D eigenvalue weighted by atomic mass is 32.2. The summed E-state index contributed by atoms with van der Waals surface area (Å²) in [5.74, 6) is 0.978. The van der Waals surface area contributed by atoms with Gasteiger partial charge in [-0.25, -0.2) is 4.98 Å². The van der Waals surface area contributed by atoms with E-state index in [0.29, 0.717) is 16.3 Å². The minimum Gasteiger partial charge on any atom is -0.431 e. The number of hydrogen-bond acceptors (Lipinski definition) is 5. The van der Waals surface area contributed by atoms with E-state index in [1.807, 2.05) is 0 Å². The van der Waals surface area contributed by atoms with Crippen molar-refractivity contribution in [3.8, 4) is 0 Å². The molecule has 1 aromatic carbocycles. The molecule has 0 saturated heterocycles. The lowest BCUT2D eigenvalue weighted by Crippen LogP contribution is -1.86. The summed E-state index contributed by atoms with van der Waals surface area (Å²) < 4.78 is 5.62. The monoisotopic (exact) mass is 364 g/mol. The molecular formula is C19H28N2O3S. The molecule has 0 radical (unpaired) electrons. The minimum absolute atomic E-state index is 0.0482. The van der Waals surface area contributed by atoms with Gasteiger partial charge in [-0.05, 0) is 12.5 Å². The van der Waals surface area contributed by atoms with Crippen LogP contribution in [0.2, 0.25) is 0 Å². The van der Waals surface area contributed by atoms with Crippen LogP contribution in [-0.4, -0.2) is 15.7 Å². The molecule has 0 aliphatic carbocycles. The van der Waals surface area contributed by atoms with Crippen LogP contribution in [0.1, 0.15) is 71.1 Å². The van der Waals surface area contributed by atoms with Gasteiger partial charge in [-0.1, -0.05) is 76.5 Å². The first-order chi connectivity index (χ1) is 12.2. The second-order valence-corrected chi connectivity index (χ2v) is 7.47. The Balaban J connectivity index is 1.58. The Hall–Kier alpha value is -1.56. The number of rotatable bonds is 13. The number of unbranched alkanes of at least 4 members (excludes halogenated alkanes) is 9. The highest BCUT2D eigenvalue weighted by Crippen LogP contribution is 2.27. The van der Waals surface area contributed by atoms with Crippen molar-refractivity contribution >= 4 is 28.5 Å². The molecule has 1 aromatic heterocycles. The fourth-order valence-corrected chi connectivity index (χ4v) is 3.65. The number of oxazole rings is 1. The number of nitro benzene ring substituents is 1. The first-order valence-corrected chi connectivity index (χ1v) is 10.4. The Labute approximate surface area is 153 Å². The van der Waals surface area contributed by atoms with Crippen molar-refractivity contribution < 1.29 is 9.34 Å². The summed E-state index contributed by atoms with van der Waals surface area (Å²) in [6.07, 6.45) is 13.2. The summed E-state index contributed by atoms with van der Waals surface area (Å²) >= 11 is 1.59. The Morgan fingerprint density at radius 2 is 1.68 bits per heavy atom. The third kappa shape index (κ3) is 7.06. The van der Waals surface area contributed by atoms with E-state index in [2.05, 4.69) is 11.9 Å². The highest BCUT2D eigenvalue weighted by Gasteiger charge is 2.11. The van der Waals surface area contributed by atoms with Gasteiger partial charge in [0.1, 0.15) is 5.52 Å². The van der Waals surface area contributed by atoms with E-state index in [-0.39, 0.29) is 5.69 Å². The van der Waals surface area contributed by atoms with Gasteiger partial charge in [0, 0.05) is 17.9 Å². The number of nitrogens with zero attached hydrogens (tertiary/aromatic N) is 2. The van der Waals surface area contributed by atoms with Gasteiger partial charge < -0.3 is 4.42 Å². The molecule has 0 amide bonds. The molecule has 0 saturated carbocycles. The van der Waals surface area contributed by atoms with Gasteiger partial charge in [-0.3, -0.25) is 10.1 Å². The summed E-state index contributed by atoms with van der Waals surface area (Å²) in [5, 5.41) is 11.4. The Morgan fingerprint density at radius 1 is 1.04 bits per heavy atom. The van der Waals surface area contributed by atoms with Gasteiger partial charge in [0.25, 0.3) is 10.9 Å². The number of thioether (sulfide) groups is 1. The van der Waals surface area contributed by atoms with Gasteiger partial charge in [0.05, 0.1) is 4.92 Å². The van der Waals surface area contributed by atoms with Crippen molar-refractivity contribution in [1.29, 1.82) is 0 Å². The number of hydrogen-bond donors (Lipinski definition) is 0. The molecule has 0 bridgehead atoms.